The van der Waals surface area contributed by atoms with Crippen LogP contribution in [0.1, 0.15) is 40.9 Å². The average molecular weight is 541 g/mol. The van der Waals surface area contributed by atoms with Gasteiger partial charge in [0.25, 0.3) is 18.2 Å². The number of ether oxygens (including phenoxy) is 1. The molecular formula is C24H27ClF2N4O4S. The van der Waals surface area contributed by atoms with E-state index in [9.17, 15) is 23.2 Å². The molecule has 2 aromatic rings. The van der Waals surface area contributed by atoms with Gasteiger partial charge in [-0.15, -0.1) is 11.3 Å². The number of likely N-dealkylation sites (N-methyl/N-ethyl adjacent to an activating group) is 1. The Kier molecular flexibility index (Phi) is 8.55. The number of anilines is 2. The highest BCUT2D eigenvalue weighted by molar-refractivity contribution is 7.18. The van der Waals surface area contributed by atoms with E-state index < -0.39 is 24.3 Å². The molecule has 1 saturated heterocycles. The first-order chi connectivity index (χ1) is 17.2. The monoisotopic (exact) mass is 540 g/mol. The number of nitrogens with zero attached hydrogens (tertiary/aromatic N) is 2. The number of nitrogens with one attached hydrogen (secondary N) is 2. The normalized spacial score (nSPS) is 17.3. The first kappa shape index (κ1) is 26.5. The van der Waals surface area contributed by atoms with Gasteiger partial charge in [-0.05, 0) is 50.2 Å². The Morgan fingerprint density at radius 1 is 1.28 bits per heavy atom. The second kappa shape index (κ2) is 11.6. The van der Waals surface area contributed by atoms with Crippen molar-refractivity contribution in [2.75, 3.05) is 43.6 Å². The minimum absolute atomic E-state index is 0.0370. The molecule has 3 amide bonds. The van der Waals surface area contributed by atoms with Gasteiger partial charge < -0.3 is 20.3 Å². The fourth-order valence-electron chi connectivity index (χ4n) is 4.23. The van der Waals surface area contributed by atoms with Crippen LogP contribution in [0, 0.1) is 0 Å². The van der Waals surface area contributed by atoms with Gasteiger partial charge in [-0.3, -0.25) is 19.3 Å². The molecule has 1 aromatic heterocycles. The molecule has 1 aliphatic heterocycles. The average Bonchev–Trinajstić information content (AvgIpc) is 3.25. The van der Waals surface area contributed by atoms with Crippen LogP contribution >= 0.6 is 22.9 Å². The minimum Gasteiger partial charge on any atom is -0.370 e. The molecule has 2 N–H and O–H groups in total. The van der Waals surface area contributed by atoms with E-state index >= 15 is 0 Å². The largest absolute Gasteiger partial charge is 0.370 e. The summed E-state index contributed by atoms with van der Waals surface area (Å²) in [5, 5.41) is 5.50. The predicted molar refractivity (Wildman–Crippen MR) is 134 cm³/mol. The smallest absolute Gasteiger partial charge is 0.265 e. The Hall–Kier alpha value is -2.60. The Morgan fingerprint density at radius 2 is 2.06 bits per heavy atom. The van der Waals surface area contributed by atoms with Crippen LogP contribution in [0.15, 0.2) is 30.3 Å². The van der Waals surface area contributed by atoms with Gasteiger partial charge in [-0.2, -0.15) is 0 Å². The maximum atomic E-state index is 13.9. The zero-order valence-corrected chi connectivity index (χ0v) is 21.2. The predicted octanol–water partition coefficient (Wildman–Crippen LogP) is 3.92. The van der Waals surface area contributed by atoms with E-state index in [4.69, 9.17) is 16.3 Å². The Bertz CT molecular complexity index is 1130. The Labute approximate surface area is 216 Å². The second-order valence-corrected chi connectivity index (χ2v) is 10.5. The molecule has 1 aliphatic carbocycles. The van der Waals surface area contributed by atoms with E-state index in [1.54, 1.807) is 12.1 Å². The summed E-state index contributed by atoms with van der Waals surface area (Å²) in [6, 6.07) is 6.81. The lowest BCUT2D eigenvalue weighted by molar-refractivity contribution is -0.125. The van der Waals surface area contributed by atoms with Crippen molar-refractivity contribution in [1.29, 1.82) is 0 Å². The summed E-state index contributed by atoms with van der Waals surface area (Å²) in [5.41, 5.74) is -0.0701. The highest BCUT2D eigenvalue weighted by Crippen LogP contribution is 2.33. The molecule has 12 heteroatoms. The van der Waals surface area contributed by atoms with Crippen molar-refractivity contribution in [3.63, 3.8) is 0 Å². The van der Waals surface area contributed by atoms with Crippen molar-refractivity contribution in [1.82, 2.24) is 10.2 Å². The molecule has 2 aliphatic rings. The standard InChI is InChI=1S/C24H27ClF2N4O4S/c1-30(15-3-2-4-15)18(12-28-24(34)19-7-8-20(25)36-19)23(33)29-14-5-6-17(16(11-14)22(26)27)31-9-10-35-13-21(31)32/h5-8,11,15,18,22H,2-4,9-10,12-13H2,1H3,(H,28,34)(H,29,33)/t18-/m1/s1. The van der Waals surface area contributed by atoms with Gasteiger partial charge in [-0.1, -0.05) is 18.0 Å². The van der Waals surface area contributed by atoms with Crippen molar-refractivity contribution < 1.29 is 27.9 Å². The lowest BCUT2D eigenvalue weighted by Crippen LogP contribution is -2.54. The first-order valence-corrected chi connectivity index (χ1v) is 12.8. The van der Waals surface area contributed by atoms with Crippen molar-refractivity contribution in [2.24, 2.45) is 0 Å². The van der Waals surface area contributed by atoms with E-state index in [0.717, 1.165) is 30.6 Å². The summed E-state index contributed by atoms with van der Waals surface area (Å²) in [7, 11) is 1.82. The van der Waals surface area contributed by atoms with E-state index in [1.165, 1.54) is 23.1 Å². The second-order valence-electron chi connectivity index (χ2n) is 8.74. The van der Waals surface area contributed by atoms with Crippen molar-refractivity contribution in [3.05, 3.63) is 45.1 Å². The van der Waals surface area contributed by atoms with Gasteiger partial charge in [0.2, 0.25) is 5.91 Å². The van der Waals surface area contributed by atoms with Crippen LogP contribution in [-0.4, -0.2) is 68.1 Å². The maximum absolute atomic E-state index is 13.9. The number of amides is 3. The summed E-state index contributed by atoms with van der Waals surface area (Å²) in [5.74, 6) is -1.17. The molecule has 0 bridgehead atoms. The van der Waals surface area contributed by atoms with Crippen LogP contribution in [0.3, 0.4) is 0 Å². The number of hydrogen-bond acceptors (Lipinski definition) is 6. The molecule has 36 heavy (non-hydrogen) atoms. The van der Waals surface area contributed by atoms with Crippen molar-refractivity contribution in [2.45, 2.75) is 37.8 Å². The molecule has 1 saturated carbocycles. The third kappa shape index (κ3) is 6.03. The van der Waals surface area contributed by atoms with E-state index in [1.807, 2.05) is 11.9 Å². The van der Waals surface area contributed by atoms with Crippen LogP contribution in [-0.2, 0) is 14.3 Å². The number of hydrogen-bond donors (Lipinski definition) is 2. The molecule has 0 unspecified atom stereocenters. The van der Waals surface area contributed by atoms with Gasteiger partial charge in [0.1, 0.15) is 12.6 Å². The van der Waals surface area contributed by atoms with Gasteiger partial charge in [0, 0.05) is 30.4 Å². The Morgan fingerprint density at radius 3 is 2.67 bits per heavy atom. The topological polar surface area (TPSA) is 91.0 Å². The van der Waals surface area contributed by atoms with Gasteiger partial charge in [-0.25, -0.2) is 8.78 Å². The summed E-state index contributed by atoms with van der Waals surface area (Å²) in [4.78, 5) is 41.6. The number of morpholine rings is 1. The van der Waals surface area contributed by atoms with Crippen LogP contribution in [0.4, 0.5) is 20.2 Å². The van der Waals surface area contributed by atoms with E-state index in [0.29, 0.717) is 9.21 Å². The summed E-state index contributed by atoms with van der Waals surface area (Å²) in [6.07, 6.45) is 0.0833. The third-order valence-corrected chi connectivity index (χ3v) is 7.73. The van der Waals surface area contributed by atoms with Gasteiger partial charge >= 0.3 is 0 Å². The lowest BCUT2D eigenvalue weighted by Gasteiger charge is -2.39. The molecule has 2 fully saturated rings. The number of benzene rings is 1. The van der Waals surface area contributed by atoms with Gasteiger partial charge in [0.05, 0.1) is 21.5 Å². The molecule has 0 spiro atoms. The maximum Gasteiger partial charge on any atom is 0.265 e. The highest BCUT2D eigenvalue weighted by atomic mass is 35.5. The van der Waals surface area contributed by atoms with Crippen LogP contribution < -0.4 is 15.5 Å². The third-order valence-electron chi connectivity index (χ3n) is 6.50. The molecule has 4 rings (SSSR count). The number of alkyl halides is 2. The minimum atomic E-state index is -2.85. The van der Waals surface area contributed by atoms with Crippen molar-refractivity contribution >= 4 is 52.0 Å². The van der Waals surface area contributed by atoms with Crippen molar-refractivity contribution in [3.8, 4) is 0 Å². The number of carbonyl (C=O) groups is 3. The fraction of sp³-hybridized carbons (Fsp3) is 0.458. The molecule has 194 valence electrons. The molecule has 1 aromatic carbocycles. The SMILES string of the molecule is CN(C1CCC1)[C@H](CNC(=O)c1ccc(Cl)s1)C(=O)Nc1ccc(N2CCOCC2=O)c(C(F)F)c1. The molecule has 8 nitrogen and oxygen atoms in total. The van der Waals surface area contributed by atoms with E-state index in [-0.39, 0.29) is 55.2 Å². The summed E-state index contributed by atoms with van der Waals surface area (Å²) >= 11 is 7.05. The summed E-state index contributed by atoms with van der Waals surface area (Å²) in [6.45, 7) is 0.300. The molecular weight excluding hydrogens is 514 g/mol. The van der Waals surface area contributed by atoms with Crippen LogP contribution in [0.5, 0.6) is 0 Å². The summed E-state index contributed by atoms with van der Waals surface area (Å²) < 4.78 is 33.4. The fourth-order valence-corrected chi connectivity index (χ4v) is 5.19. The Balaban J connectivity index is 1.50. The zero-order chi connectivity index (χ0) is 25.8. The number of thiophene rings is 1. The van der Waals surface area contributed by atoms with Crippen LogP contribution in [0.2, 0.25) is 4.34 Å². The molecule has 0 radical (unpaired) electrons. The lowest BCUT2D eigenvalue weighted by atomic mass is 9.90. The molecule has 1 atom stereocenters. The molecule has 2 heterocycles. The van der Waals surface area contributed by atoms with Crippen LogP contribution in [0.25, 0.3) is 0 Å². The van der Waals surface area contributed by atoms with E-state index in [2.05, 4.69) is 10.6 Å². The number of rotatable bonds is 9. The first-order valence-electron chi connectivity index (χ1n) is 11.6. The number of halogens is 3. The quantitative estimate of drug-likeness (QED) is 0.503. The highest BCUT2D eigenvalue weighted by Gasteiger charge is 2.33. The number of carbonyl (C=O) groups excluding carboxylic acids is 3. The van der Waals surface area contributed by atoms with Gasteiger partial charge in [0.15, 0.2) is 0 Å². The zero-order valence-electron chi connectivity index (χ0n) is 19.6.